The average molecular weight is 269 g/mol. The Morgan fingerprint density at radius 3 is 2.73 bits per heavy atom. The molecule has 0 aromatic heterocycles. The number of benzene rings is 1. The molecule has 3 heteroatoms. The van der Waals surface area contributed by atoms with Gasteiger partial charge in [-0.15, -0.1) is 0 Å². The van der Waals surface area contributed by atoms with E-state index in [1.807, 2.05) is 31.2 Å². The second kappa shape index (κ2) is 5.71. The lowest BCUT2D eigenvalue weighted by Gasteiger charge is -2.04. The number of carbonyl (C=O) groups excluding carboxylic acids is 1. The van der Waals surface area contributed by atoms with Crippen molar-refractivity contribution in [3.8, 4) is 5.75 Å². The number of carbonyl (C=O) groups is 1. The van der Waals surface area contributed by atoms with Gasteiger partial charge in [0.2, 0.25) is 0 Å². The van der Waals surface area contributed by atoms with E-state index in [4.69, 9.17) is 4.74 Å². The Balaban J connectivity index is 3.02. The van der Waals surface area contributed by atoms with Crippen molar-refractivity contribution in [3.05, 3.63) is 33.8 Å². The molecule has 0 radical (unpaired) electrons. The molecule has 0 amide bonds. The molecule has 0 unspecified atom stereocenters. The molecule has 0 fully saturated rings. The zero-order valence-corrected chi connectivity index (χ0v) is 10.4. The molecule has 0 aliphatic heterocycles. The van der Waals surface area contributed by atoms with Gasteiger partial charge in [0.15, 0.2) is 0 Å². The van der Waals surface area contributed by atoms with Gasteiger partial charge in [-0.3, -0.25) is 4.79 Å². The lowest BCUT2D eigenvalue weighted by atomic mass is 10.1. The third-order valence-corrected chi connectivity index (χ3v) is 2.71. The van der Waals surface area contributed by atoms with Crippen molar-refractivity contribution in [3.63, 3.8) is 0 Å². The second-order valence-corrected chi connectivity index (χ2v) is 3.94. The predicted molar refractivity (Wildman–Crippen MR) is 65.0 cm³/mol. The number of halogens is 1. The number of hydrogen-bond acceptors (Lipinski definition) is 2. The van der Waals surface area contributed by atoms with E-state index in [-0.39, 0.29) is 0 Å². The summed E-state index contributed by atoms with van der Waals surface area (Å²) in [5, 5.41) is 0. The highest BCUT2D eigenvalue weighted by molar-refractivity contribution is 9.10. The Bertz CT molecular complexity index is 383. The summed E-state index contributed by atoms with van der Waals surface area (Å²) in [4.78, 5) is 10.6. The van der Waals surface area contributed by atoms with Crippen LogP contribution in [-0.2, 0) is 4.79 Å². The first-order valence-electron chi connectivity index (χ1n) is 4.70. The van der Waals surface area contributed by atoms with Gasteiger partial charge in [0.05, 0.1) is 11.6 Å². The highest BCUT2D eigenvalue weighted by atomic mass is 79.9. The van der Waals surface area contributed by atoms with E-state index < -0.39 is 0 Å². The molecule has 0 heterocycles. The summed E-state index contributed by atoms with van der Waals surface area (Å²) in [6.45, 7) is 1.96. The van der Waals surface area contributed by atoms with E-state index >= 15 is 0 Å². The topological polar surface area (TPSA) is 26.3 Å². The van der Waals surface area contributed by atoms with Gasteiger partial charge in [-0.1, -0.05) is 13.0 Å². The van der Waals surface area contributed by atoms with Crippen LogP contribution in [0.15, 0.2) is 28.2 Å². The normalized spacial score (nSPS) is 11.3. The van der Waals surface area contributed by atoms with Crippen LogP contribution in [0.1, 0.15) is 18.9 Å². The lowest BCUT2D eigenvalue weighted by molar-refractivity contribution is -0.104. The number of rotatable bonds is 4. The van der Waals surface area contributed by atoms with Crippen LogP contribution in [0.4, 0.5) is 0 Å². The molecular formula is C12H13BrO2. The van der Waals surface area contributed by atoms with E-state index in [1.165, 1.54) is 0 Å². The van der Waals surface area contributed by atoms with E-state index in [0.29, 0.717) is 0 Å². The molecule has 2 nitrogen and oxygen atoms in total. The highest BCUT2D eigenvalue weighted by Gasteiger charge is 2.00. The fourth-order valence-electron chi connectivity index (χ4n) is 1.21. The lowest BCUT2D eigenvalue weighted by Crippen LogP contribution is -1.86. The molecule has 15 heavy (non-hydrogen) atoms. The summed E-state index contributed by atoms with van der Waals surface area (Å²) in [6, 6.07) is 5.72. The van der Waals surface area contributed by atoms with Gasteiger partial charge in [0.25, 0.3) is 0 Å². The molecule has 0 N–H and O–H groups in total. The van der Waals surface area contributed by atoms with Gasteiger partial charge in [-0.05, 0) is 51.7 Å². The number of ether oxygens (including phenoxy) is 1. The summed E-state index contributed by atoms with van der Waals surface area (Å²) in [6.07, 6.45) is 3.50. The van der Waals surface area contributed by atoms with Crippen molar-refractivity contribution in [2.75, 3.05) is 7.11 Å². The van der Waals surface area contributed by atoms with Gasteiger partial charge in [0.1, 0.15) is 12.0 Å². The number of hydrogen-bond donors (Lipinski definition) is 0. The van der Waals surface area contributed by atoms with Gasteiger partial charge >= 0.3 is 0 Å². The van der Waals surface area contributed by atoms with E-state index in [1.54, 1.807) is 7.11 Å². The molecule has 0 saturated heterocycles. The van der Waals surface area contributed by atoms with E-state index in [9.17, 15) is 4.79 Å². The molecule has 80 valence electrons. The first kappa shape index (κ1) is 12.0. The molecule has 0 saturated carbocycles. The minimum absolute atomic E-state index is 0.743. The number of methoxy groups -OCH3 is 1. The van der Waals surface area contributed by atoms with Crippen LogP contribution in [0.5, 0.6) is 5.75 Å². The standard InChI is InChI=1S/C12H13BrO2/c1-3-9(8-14)6-10-4-5-12(15-2)11(13)7-10/h4-8H,3H2,1-2H3. The third-order valence-electron chi connectivity index (χ3n) is 2.09. The molecule has 0 bridgehead atoms. The SMILES string of the molecule is CCC(C=O)=Cc1ccc(OC)c(Br)c1. The van der Waals surface area contributed by atoms with Gasteiger partial charge < -0.3 is 4.74 Å². The molecule has 0 atom stereocenters. The third kappa shape index (κ3) is 3.20. The largest absolute Gasteiger partial charge is 0.496 e. The number of aldehydes is 1. The molecule has 0 spiro atoms. The molecule has 0 aliphatic rings. The van der Waals surface area contributed by atoms with Crippen molar-refractivity contribution < 1.29 is 9.53 Å². The first-order valence-corrected chi connectivity index (χ1v) is 5.49. The van der Waals surface area contributed by atoms with Crippen LogP contribution in [-0.4, -0.2) is 13.4 Å². The zero-order chi connectivity index (χ0) is 11.3. The Morgan fingerprint density at radius 1 is 1.53 bits per heavy atom. The second-order valence-electron chi connectivity index (χ2n) is 3.08. The van der Waals surface area contributed by atoms with Crippen molar-refractivity contribution in [1.82, 2.24) is 0 Å². The zero-order valence-electron chi connectivity index (χ0n) is 8.79. The average Bonchev–Trinajstić information content (AvgIpc) is 2.26. The maximum Gasteiger partial charge on any atom is 0.146 e. The smallest absolute Gasteiger partial charge is 0.146 e. The van der Waals surface area contributed by atoms with Crippen LogP contribution in [0.25, 0.3) is 6.08 Å². The summed E-state index contributed by atoms with van der Waals surface area (Å²) < 4.78 is 6.01. The Morgan fingerprint density at radius 2 is 2.27 bits per heavy atom. The van der Waals surface area contributed by atoms with Crippen molar-refractivity contribution in [1.29, 1.82) is 0 Å². The molecule has 1 rings (SSSR count). The van der Waals surface area contributed by atoms with Crippen LogP contribution in [0.2, 0.25) is 0 Å². The van der Waals surface area contributed by atoms with Crippen molar-refractivity contribution in [2.45, 2.75) is 13.3 Å². The van der Waals surface area contributed by atoms with Crippen LogP contribution >= 0.6 is 15.9 Å². The highest BCUT2D eigenvalue weighted by Crippen LogP contribution is 2.26. The maximum absolute atomic E-state index is 10.6. The summed E-state index contributed by atoms with van der Waals surface area (Å²) in [7, 11) is 1.62. The van der Waals surface area contributed by atoms with Crippen LogP contribution in [0, 0.1) is 0 Å². The quantitative estimate of drug-likeness (QED) is 0.618. The van der Waals surface area contributed by atoms with Gasteiger partial charge in [-0.25, -0.2) is 0 Å². The molecule has 1 aromatic carbocycles. The Hall–Kier alpha value is -1.09. The maximum atomic E-state index is 10.6. The monoisotopic (exact) mass is 268 g/mol. The summed E-state index contributed by atoms with van der Waals surface area (Å²) in [5.74, 6) is 0.788. The molecule has 1 aromatic rings. The molecular weight excluding hydrogens is 256 g/mol. The molecule has 0 aliphatic carbocycles. The van der Waals surface area contributed by atoms with Gasteiger partial charge in [0, 0.05) is 0 Å². The van der Waals surface area contributed by atoms with Crippen molar-refractivity contribution in [2.24, 2.45) is 0 Å². The van der Waals surface area contributed by atoms with Gasteiger partial charge in [-0.2, -0.15) is 0 Å². The summed E-state index contributed by atoms with van der Waals surface area (Å²) >= 11 is 3.40. The number of allylic oxidation sites excluding steroid dienone is 1. The fraction of sp³-hybridized carbons (Fsp3) is 0.250. The predicted octanol–water partition coefficient (Wildman–Crippen LogP) is 3.45. The fourth-order valence-corrected chi connectivity index (χ4v) is 1.76. The Labute approximate surface area is 98.1 Å². The van der Waals surface area contributed by atoms with E-state index in [2.05, 4.69) is 15.9 Å². The van der Waals surface area contributed by atoms with E-state index in [0.717, 1.165) is 34.1 Å². The first-order chi connectivity index (χ1) is 7.21. The Kier molecular flexibility index (Phi) is 4.56. The van der Waals surface area contributed by atoms with Crippen molar-refractivity contribution >= 4 is 28.3 Å². The minimum Gasteiger partial charge on any atom is -0.496 e. The van der Waals surface area contributed by atoms with Crippen LogP contribution in [0.3, 0.4) is 0 Å². The van der Waals surface area contributed by atoms with Crippen LogP contribution < -0.4 is 4.74 Å². The summed E-state index contributed by atoms with van der Waals surface area (Å²) in [5.41, 5.74) is 1.78. The minimum atomic E-state index is 0.743.